The molecule has 1 saturated heterocycles. The third kappa shape index (κ3) is 3.30. The number of fused-ring (bicyclic) bond motifs is 1. The number of nitrogens with one attached hydrogen (secondary N) is 2. The first-order chi connectivity index (χ1) is 12.7. The van der Waals surface area contributed by atoms with Gasteiger partial charge in [0.1, 0.15) is 44.2 Å². The maximum Gasteiger partial charge on any atom is 0.274 e. The molecule has 1 aromatic heterocycles. The summed E-state index contributed by atoms with van der Waals surface area (Å²) in [6, 6.07) is 16.0. The Morgan fingerprint density at radius 3 is 2.65 bits per heavy atom. The standard InChI is InChI=1S/C21H23N3O2/c1-26-17-7-5-16-6-8-20(25)19(18(16)14-17)15-23-10-12-24(13-11-23)21-4-2-3-9-22-21/h2-9,14,25H,10-13,15H2,1H3/p+2. The lowest BCUT2D eigenvalue weighted by Crippen LogP contribution is -3.13. The molecule has 0 saturated carbocycles. The van der Waals surface area contributed by atoms with Crippen LogP contribution in [0.2, 0.25) is 0 Å². The number of pyridine rings is 1. The van der Waals surface area contributed by atoms with E-state index >= 15 is 0 Å². The van der Waals surface area contributed by atoms with Crippen molar-refractivity contribution in [3.63, 3.8) is 0 Å². The van der Waals surface area contributed by atoms with Crippen LogP contribution < -0.4 is 19.5 Å². The van der Waals surface area contributed by atoms with Gasteiger partial charge in [0.2, 0.25) is 0 Å². The van der Waals surface area contributed by atoms with E-state index in [0.29, 0.717) is 5.75 Å². The van der Waals surface area contributed by atoms with Crippen LogP contribution in [0.25, 0.3) is 10.8 Å². The number of benzene rings is 2. The van der Waals surface area contributed by atoms with E-state index in [4.69, 9.17) is 4.74 Å². The molecule has 5 heteroatoms. The van der Waals surface area contributed by atoms with Crippen LogP contribution in [0, 0.1) is 0 Å². The summed E-state index contributed by atoms with van der Waals surface area (Å²) in [5, 5.41) is 12.7. The molecule has 0 atom stereocenters. The van der Waals surface area contributed by atoms with Crippen molar-refractivity contribution in [3.8, 4) is 11.5 Å². The Kier molecular flexibility index (Phi) is 4.63. The Hall–Kier alpha value is -2.79. The highest BCUT2D eigenvalue weighted by Gasteiger charge is 2.27. The van der Waals surface area contributed by atoms with E-state index in [1.807, 2.05) is 30.5 Å². The van der Waals surface area contributed by atoms with Crippen LogP contribution in [0.3, 0.4) is 0 Å². The molecule has 1 aliphatic heterocycles. The molecule has 5 nitrogen and oxygen atoms in total. The molecule has 134 valence electrons. The van der Waals surface area contributed by atoms with Crippen LogP contribution in [0.4, 0.5) is 5.82 Å². The van der Waals surface area contributed by atoms with Crippen LogP contribution in [0.5, 0.6) is 11.5 Å². The molecule has 2 aromatic carbocycles. The van der Waals surface area contributed by atoms with Crippen LogP contribution in [-0.4, -0.2) is 38.4 Å². The lowest BCUT2D eigenvalue weighted by Gasteiger charge is -2.28. The number of phenolic OH excluding ortho intramolecular Hbond substituents is 1. The number of anilines is 1. The second kappa shape index (κ2) is 7.22. The van der Waals surface area contributed by atoms with Gasteiger partial charge in [-0.3, -0.25) is 4.90 Å². The van der Waals surface area contributed by atoms with Gasteiger partial charge in [-0.15, -0.1) is 0 Å². The van der Waals surface area contributed by atoms with Gasteiger partial charge in [-0.2, -0.15) is 0 Å². The van der Waals surface area contributed by atoms with E-state index in [2.05, 4.69) is 28.1 Å². The second-order valence-corrected chi connectivity index (χ2v) is 6.81. The Morgan fingerprint density at radius 2 is 1.92 bits per heavy atom. The number of methoxy groups -OCH3 is 1. The zero-order valence-electron chi connectivity index (χ0n) is 15.0. The van der Waals surface area contributed by atoms with Crippen LogP contribution >= 0.6 is 0 Å². The van der Waals surface area contributed by atoms with Crippen LogP contribution in [-0.2, 0) is 6.54 Å². The number of aromatic hydroxyl groups is 1. The Balaban J connectivity index is 1.52. The van der Waals surface area contributed by atoms with Crippen molar-refractivity contribution in [3.05, 3.63) is 60.3 Å². The van der Waals surface area contributed by atoms with Crippen molar-refractivity contribution >= 4 is 16.6 Å². The SMILES string of the molecule is COc1ccc2ccc(O)c(C[NH+]3CCN(c4cccc[nH+]4)CC3)c2c1. The molecule has 1 aliphatic rings. The summed E-state index contributed by atoms with van der Waals surface area (Å²) >= 11 is 0. The van der Waals surface area contributed by atoms with Gasteiger partial charge in [0, 0.05) is 6.07 Å². The van der Waals surface area contributed by atoms with Crippen molar-refractivity contribution in [2.24, 2.45) is 0 Å². The van der Waals surface area contributed by atoms with E-state index in [0.717, 1.165) is 54.8 Å². The summed E-state index contributed by atoms with van der Waals surface area (Å²) in [6.07, 6.45) is 1.97. The number of ether oxygens (including phenoxy) is 1. The van der Waals surface area contributed by atoms with Crippen molar-refractivity contribution in [2.45, 2.75) is 6.54 Å². The van der Waals surface area contributed by atoms with E-state index in [1.165, 1.54) is 10.7 Å². The summed E-state index contributed by atoms with van der Waals surface area (Å²) in [5.41, 5.74) is 1.01. The smallest absolute Gasteiger partial charge is 0.274 e. The number of nitrogens with zero attached hydrogens (tertiary/aromatic N) is 1. The maximum absolute atomic E-state index is 10.5. The Morgan fingerprint density at radius 1 is 1.12 bits per heavy atom. The fourth-order valence-corrected chi connectivity index (χ4v) is 3.73. The summed E-state index contributed by atoms with van der Waals surface area (Å²) in [6.45, 7) is 4.92. The fraction of sp³-hybridized carbons (Fsp3) is 0.286. The van der Waals surface area contributed by atoms with Crippen LogP contribution in [0.1, 0.15) is 5.56 Å². The topological polar surface area (TPSA) is 51.3 Å². The van der Waals surface area contributed by atoms with Gasteiger partial charge in [-0.25, -0.2) is 4.98 Å². The molecule has 0 aliphatic carbocycles. The van der Waals surface area contributed by atoms with Crippen molar-refractivity contribution in [1.29, 1.82) is 0 Å². The molecule has 0 unspecified atom stereocenters. The highest BCUT2D eigenvalue weighted by molar-refractivity contribution is 5.88. The van der Waals surface area contributed by atoms with Gasteiger partial charge in [-0.05, 0) is 35.0 Å². The molecule has 4 rings (SSSR count). The third-order valence-electron chi connectivity index (χ3n) is 5.25. The summed E-state index contributed by atoms with van der Waals surface area (Å²) < 4.78 is 5.37. The van der Waals surface area contributed by atoms with Gasteiger partial charge in [0.25, 0.3) is 5.82 Å². The molecule has 3 aromatic rings. The lowest BCUT2D eigenvalue weighted by molar-refractivity contribution is -0.914. The number of aromatic nitrogens is 1. The zero-order chi connectivity index (χ0) is 17.9. The normalized spacial score (nSPS) is 15.3. The van der Waals surface area contributed by atoms with Crippen LogP contribution in [0.15, 0.2) is 54.7 Å². The lowest BCUT2D eigenvalue weighted by atomic mass is 10.0. The minimum Gasteiger partial charge on any atom is -0.507 e. The van der Waals surface area contributed by atoms with Crippen molar-refractivity contribution < 1.29 is 19.7 Å². The highest BCUT2D eigenvalue weighted by Crippen LogP contribution is 2.29. The largest absolute Gasteiger partial charge is 0.507 e. The number of rotatable bonds is 4. The Labute approximate surface area is 153 Å². The monoisotopic (exact) mass is 351 g/mol. The van der Waals surface area contributed by atoms with Gasteiger partial charge in [-0.1, -0.05) is 18.2 Å². The van der Waals surface area contributed by atoms with E-state index < -0.39 is 0 Å². The number of hydrogen-bond donors (Lipinski definition) is 2. The predicted molar refractivity (Wildman–Crippen MR) is 102 cm³/mol. The molecular formula is C21H25N3O2+2. The minimum atomic E-state index is 0.372. The van der Waals surface area contributed by atoms with Gasteiger partial charge < -0.3 is 14.7 Å². The summed E-state index contributed by atoms with van der Waals surface area (Å²) in [4.78, 5) is 7.18. The predicted octanol–water partition coefficient (Wildman–Crippen LogP) is 1.27. The maximum atomic E-state index is 10.5. The molecule has 1 fully saturated rings. The first kappa shape index (κ1) is 16.7. The quantitative estimate of drug-likeness (QED) is 0.744. The molecule has 0 spiro atoms. The zero-order valence-corrected chi connectivity index (χ0v) is 15.0. The average molecular weight is 351 g/mol. The number of aromatic amines is 1. The number of phenols is 1. The van der Waals surface area contributed by atoms with Gasteiger partial charge >= 0.3 is 0 Å². The first-order valence-corrected chi connectivity index (χ1v) is 9.08. The molecule has 3 N–H and O–H groups in total. The van der Waals surface area contributed by atoms with Gasteiger partial charge in [0.05, 0.1) is 18.9 Å². The number of quaternary nitrogens is 1. The minimum absolute atomic E-state index is 0.372. The average Bonchev–Trinajstić information content (AvgIpc) is 2.71. The number of piperazine rings is 1. The first-order valence-electron chi connectivity index (χ1n) is 9.08. The van der Waals surface area contributed by atoms with Crippen molar-refractivity contribution in [1.82, 2.24) is 0 Å². The second-order valence-electron chi connectivity index (χ2n) is 6.81. The third-order valence-corrected chi connectivity index (χ3v) is 5.25. The summed E-state index contributed by atoms with van der Waals surface area (Å²) in [5.74, 6) is 2.37. The highest BCUT2D eigenvalue weighted by atomic mass is 16.5. The van der Waals surface area contributed by atoms with E-state index in [9.17, 15) is 5.11 Å². The fourth-order valence-electron chi connectivity index (χ4n) is 3.73. The summed E-state index contributed by atoms with van der Waals surface area (Å²) in [7, 11) is 1.68. The van der Waals surface area contributed by atoms with Crippen molar-refractivity contribution in [2.75, 3.05) is 38.2 Å². The molecule has 0 bridgehead atoms. The molecule has 0 radical (unpaired) electrons. The number of H-pyrrole nitrogens is 1. The Bertz CT molecular complexity index is 890. The van der Waals surface area contributed by atoms with E-state index in [-0.39, 0.29) is 0 Å². The van der Waals surface area contributed by atoms with E-state index in [1.54, 1.807) is 13.2 Å². The number of hydrogen-bond acceptors (Lipinski definition) is 3. The molecule has 26 heavy (non-hydrogen) atoms. The van der Waals surface area contributed by atoms with Gasteiger partial charge in [0.15, 0.2) is 0 Å². The molecular weight excluding hydrogens is 326 g/mol. The molecule has 0 amide bonds. The molecule has 2 heterocycles.